The Balaban J connectivity index is 2.16. The summed E-state index contributed by atoms with van der Waals surface area (Å²) in [5.74, 6) is 0. The number of hydrogen-bond acceptors (Lipinski definition) is 2. The van der Waals surface area contributed by atoms with Crippen LogP contribution in [0.25, 0.3) is 0 Å². The van der Waals surface area contributed by atoms with Gasteiger partial charge in [-0.15, -0.1) is 0 Å². The van der Waals surface area contributed by atoms with E-state index >= 15 is 0 Å². The molecule has 61 valence electrons. The first-order valence-electron chi connectivity index (χ1n) is 4.12. The average Bonchev–Trinajstić information content (AvgIpc) is 2.21. The van der Waals surface area contributed by atoms with Gasteiger partial charge in [0.25, 0.3) is 0 Å². The number of rotatable bonds is 2. The van der Waals surface area contributed by atoms with Crippen LogP contribution in [-0.2, 0) is 0 Å². The van der Waals surface area contributed by atoms with Crippen molar-refractivity contribution in [3.63, 3.8) is 0 Å². The Hall–Kier alpha value is -0.505. The molecule has 0 aromatic carbocycles. The molecule has 0 fully saturated rings. The summed E-state index contributed by atoms with van der Waals surface area (Å²) in [6, 6.07) is 12.2. The zero-order chi connectivity index (χ0) is 8.93. The summed E-state index contributed by atoms with van der Waals surface area (Å²) in [5.41, 5.74) is 0. The van der Waals surface area contributed by atoms with Crippen molar-refractivity contribution in [2.45, 2.75) is 0 Å². The topological polar surface area (TPSA) is 25.8 Å². The second kappa shape index (κ2) is 4.65. The third kappa shape index (κ3) is 2.73. The predicted octanol–water partition coefficient (Wildman–Crippen LogP) is 0.512. The molecule has 0 spiro atoms. The minimum atomic E-state index is -1.09. The Morgan fingerprint density at radius 3 is 1.69 bits per heavy atom. The van der Waals surface area contributed by atoms with Crippen molar-refractivity contribution in [2.75, 3.05) is 0 Å². The van der Waals surface area contributed by atoms with E-state index in [9.17, 15) is 0 Å². The fourth-order valence-electron chi connectivity index (χ4n) is 1.07. The molecule has 0 N–H and O–H groups in total. The van der Waals surface area contributed by atoms with Crippen molar-refractivity contribution in [1.82, 2.24) is 9.97 Å². The van der Waals surface area contributed by atoms with E-state index in [1.807, 2.05) is 36.7 Å². The maximum absolute atomic E-state index is 4.33. The fourth-order valence-corrected chi connectivity index (χ4v) is 4.34. The van der Waals surface area contributed by atoms with E-state index in [0.29, 0.717) is 0 Å². The number of nitrogens with zero attached hydrogens (tertiary/aromatic N) is 2. The van der Waals surface area contributed by atoms with Gasteiger partial charge in [0.2, 0.25) is 0 Å². The Morgan fingerprint density at radius 1 is 0.769 bits per heavy atom. The molecule has 2 aromatic rings. The standard InChI is InChI=1S/2C5H4N.La/c2*1-2-4-6-5-3-1;/h2*1-4H;. The number of pyridine rings is 2. The molecule has 0 aliphatic rings. The number of aromatic nitrogens is 2. The van der Waals surface area contributed by atoms with Crippen molar-refractivity contribution >= 4 is 4.19 Å². The van der Waals surface area contributed by atoms with Crippen LogP contribution in [0, 0.1) is 31.9 Å². The average molecular weight is 295 g/mol. The van der Waals surface area contributed by atoms with Gasteiger partial charge in [-0.3, -0.25) is 0 Å². The van der Waals surface area contributed by atoms with Gasteiger partial charge in [-0.1, -0.05) is 0 Å². The summed E-state index contributed by atoms with van der Waals surface area (Å²) in [5, 5.41) is 0. The van der Waals surface area contributed by atoms with Crippen molar-refractivity contribution in [2.24, 2.45) is 0 Å². The van der Waals surface area contributed by atoms with E-state index in [0.717, 1.165) is 0 Å². The molecule has 2 nitrogen and oxygen atoms in total. The summed E-state index contributed by atoms with van der Waals surface area (Å²) in [6.07, 6.45) is 3.71. The van der Waals surface area contributed by atoms with Gasteiger partial charge in [-0.25, -0.2) is 0 Å². The monoisotopic (exact) mass is 295 g/mol. The molecule has 0 amide bonds. The molecule has 13 heavy (non-hydrogen) atoms. The normalized spacial score (nSPS) is 9.23. The van der Waals surface area contributed by atoms with Crippen LogP contribution in [0.3, 0.4) is 0 Å². The molecule has 0 radical (unpaired) electrons. The summed E-state index contributed by atoms with van der Waals surface area (Å²) >= 11 is -1.09. The molecule has 2 aromatic heterocycles. The van der Waals surface area contributed by atoms with Gasteiger partial charge < -0.3 is 0 Å². The van der Waals surface area contributed by atoms with Crippen LogP contribution in [0.4, 0.5) is 0 Å². The SMILES string of the molecule is c1cc[c]([La][c]2ccccn2)nc1. The Bertz CT molecular complexity index is 324. The predicted molar refractivity (Wildman–Crippen MR) is 47.7 cm³/mol. The van der Waals surface area contributed by atoms with Gasteiger partial charge in [0, 0.05) is 0 Å². The molecule has 0 saturated heterocycles. The molecule has 0 unspecified atom stereocenters. The Morgan fingerprint density at radius 2 is 1.31 bits per heavy atom. The summed E-state index contributed by atoms with van der Waals surface area (Å²) in [4.78, 5) is 8.65. The summed E-state index contributed by atoms with van der Waals surface area (Å²) < 4.78 is 2.53. The van der Waals surface area contributed by atoms with Gasteiger partial charge >= 0.3 is 94.8 Å². The van der Waals surface area contributed by atoms with Crippen LogP contribution >= 0.6 is 0 Å². The van der Waals surface area contributed by atoms with Crippen LogP contribution in [0.1, 0.15) is 0 Å². The second-order valence-electron chi connectivity index (χ2n) is 2.65. The number of hydrogen-bond donors (Lipinski definition) is 0. The molecule has 2 heterocycles. The van der Waals surface area contributed by atoms with Crippen molar-refractivity contribution < 1.29 is 31.9 Å². The first-order chi connectivity index (χ1) is 6.45. The maximum atomic E-state index is 4.33. The van der Waals surface area contributed by atoms with E-state index in [-0.39, 0.29) is 0 Å². The van der Waals surface area contributed by atoms with E-state index in [1.165, 1.54) is 4.19 Å². The Kier molecular flexibility index (Phi) is 3.24. The second-order valence-corrected chi connectivity index (χ2v) is 7.27. The van der Waals surface area contributed by atoms with Crippen LogP contribution < -0.4 is 4.19 Å². The summed E-state index contributed by atoms with van der Waals surface area (Å²) in [6.45, 7) is 0. The Labute approximate surface area is 94.1 Å². The van der Waals surface area contributed by atoms with E-state index in [4.69, 9.17) is 0 Å². The van der Waals surface area contributed by atoms with Gasteiger partial charge in [0.05, 0.1) is 0 Å². The molecule has 0 atom stereocenters. The van der Waals surface area contributed by atoms with E-state index in [2.05, 4.69) is 22.1 Å². The quantitative estimate of drug-likeness (QED) is 0.807. The summed E-state index contributed by atoms with van der Waals surface area (Å²) in [7, 11) is 0. The van der Waals surface area contributed by atoms with Gasteiger partial charge in [0.15, 0.2) is 0 Å². The fraction of sp³-hybridized carbons (Fsp3) is 0. The van der Waals surface area contributed by atoms with Gasteiger partial charge in [-0.05, 0) is 0 Å². The molecular formula is C10H8LaN2. The molecule has 0 aliphatic carbocycles. The van der Waals surface area contributed by atoms with E-state index < -0.39 is 31.9 Å². The van der Waals surface area contributed by atoms with Crippen LogP contribution in [0.15, 0.2) is 48.8 Å². The van der Waals surface area contributed by atoms with Gasteiger partial charge in [0.1, 0.15) is 0 Å². The van der Waals surface area contributed by atoms with Crippen molar-refractivity contribution in [3.05, 3.63) is 48.8 Å². The van der Waals surface area contributed by atoms with Gasteiger partial charge in [-0.2, -0.15) is 0 Å². The molecule has 3 heteroatoms. The third-order valence-electron chi connectivity index (χ3n) is 1.67. The molecule has 0 aliphatic heterocycles. The first-order valence-corrected chi connectivity index (χ1v) is 7.74. The van der Waals surface area contributed by atoms with Crippen molar-refractivity contribution in [3.8, 4) is 0 Å². The molecule has 0 bridgehead atoms. The molecule has 2 rings (SSSR count). The van der Waals surface area contributed by atoms with Crippen LogP contribution in [0.5, 0.6) is 0 Å². The van der Waals surface area contributed by atoms with Crippen LogP contribution in [0.2, 0.25) is 0 Å². The molecular weight excluding hydrogens is 287 g/mol. The van der Waals surface area contributed by atoms with Crippen LogP contribution in [-0.4, -0.2) is 9.97 Å². The first kappa shape index (κ1) is 9.07. The van der Waals surface area contributed by atoms with E-state index in [1.54, 1.807) is 0 Å². The molecule has 0 saturated carbocycles. The zero-order valence-electron chi connectivity index (χ0n) is 7.09. The minimum absolute atomic E-state index is 1.09. The third-order valence-corrected chi connectivity index (χ3v) is 5.67. The van der Waals surface area contributed by atoms with Crippen molar-refractivity contribution in [1.29, 1.82) is 0 Å². The zero-order valence-corrected chi connectivity index (χ0v) is 10.7.